The highest BCUT2D eigenvalue weighted by atomic mass is 16.5. The highest BCUT2D eigenvalue weighted by molar-refractivity contribution is 5.59. The van der Waals surface area contributed by atoms with Gasteiger partial charge in [-0.2, -0.15) is 0 Å². The van der Waals surface area contributed by atoms with E-state index in [1.807, 2.05) is 0 Å². The molecule has 1 aliphatic carbocycles. The van der Waals surface area contributed by atoms with E-state index in [0.717, 1.165) is 12.3 Å². The third kappa shape index (κ3) is 1.80. The predicted octanol–water partition coefficient (Wildman–Crippen LogP) is 3.71. The van der Waals surface area contributed by atoms with E-state index in [9.17, 15) is 0 Å². The van der Waals surface area contributed by atoms with Crippen LogP contribution in [0.4, 0.5) is 5.69 Å². The number of benzene rings is 1. The Balaban J connectivity index is 2.04. The molecule has 0 amide bonds. The van der Waals surface area contributed by atoms with E-state index in [1.165, 1.54) is 49.8 Å². The number of nitrogens with one attached hydrogen (secondary N) is 1. The second kappa shape index (κ2) is 4.25. The smallest absolute Gasteiger partial charge is 0.119 e. The van der Waals surface area contributed by atoms with Crippen LogP contribution >= 0.6 is 0 Å². The summed E-state index contributed by atoms with van der Waals surface area (Å²) in [4.78, 5) is 0. The average molecular weight is 231 g/mol. The van der Waals surface area contributed by atoms with E-state index in [0.29, 0.717) is 5.41 Å². The van der Waals surface area contributed by atoms with Crippen LogP contribution in [0.15, 0.2) is 18.2 Å². The maximum atomic E-state index is 5.39. The Hall–Kier alpha value is -1.18. The van der Waals surface area contributed by atoms with Crippen LogP contribution in [0.1, 0.15) is 44.1 Å². The van der Waals surface area contributed by atoms with E-state index >= 15 is 0 Å². The maximum absolute atomic E-state index is 5.39. The van der Waals surface area contributed by atoms with Crippen molar-refractivity contribution < 1.29 is 4.74 Å². The van der Waals surface area contributed by atoms with E-state index in [2.05, 4.69) is 23.5 Å². The summed E-state index contributed by atoms with van der Waals surface area (Å²) in [5.74, 6) is 0.998. The minimum absolute atomic E-state index is 0.438. The molecule has 1 N–H and O–H groups in total. The van der Waals surface area contributed by atoms with Gasteiger partial charge in [0.15, 0.2) is 0 Å². The molecule has 0 atom stereocenters. The van der Waals surface area contributed by atoms with Gasteiger partial charge in [0.2, 0.25) is 0 Å². The Morgan fingerprint density at radius 1 is 1.12 bits per heavy atom. The molecule has 2 nitrogen and oxygen atoms in total. The van der Waals surface area contributed by atoms with Gasteiger partial charge in [-0.25, -0.2) is 0 Å². The molecule has 0 aromatic heterocycles. The number of methoxy groups -OCH3 is 1. The normalized spacial score (nSPS) is 21.7. The Kier molecular flexibility index (Phi) is 2.73. The van der Waals surface area contributed by atoms with Gasteiger partial charge in [-0.15, -0.1) is 0 Å². The minimum atomic E-state index is 0.438. The van der Waals surface area contributed by atoms with Crippen molar-refractivity contribution >= 4 is 5.69 Å². The molecule has 2 heteroatoms. The average Bonchev–Trinajstić information content (AvgIpc) is 2.40. The summed E-state index contributed by atoms with van der Waals surface area (Å²) in [5, 5.41) is 3.53. The summed E-state index contributed by atoms with van der Waals surface area (Å²) in [6.07, 6.45) is 8.18. The van der Waals surface area contributed by atoms with Gasteiger partial charge in [0.1, 0.15) is 5.75 Å². The Morgan fingerprint density at radius 3 is 2.71 bits per heavy atom. The lowest BCUT2D eigenvalue weighted by molar-refractivity contribution is 0.274. The quantitative estimate of drug-likeness (QED) is 0.795. The SMILES string of the molecule is COc1ccc2c(c1)C1(CCCCC1)CCN2. The van der Waals surface area contributed by atoms with Gasteiger partial charge in [0, 0.05) is 12.2 Å². The summed E-state index contributed by atoms with van der Waals surface area (Å²) in [7, 11) is 1.76. The zero-order chi connectivity index (χ0) is 11.7. The second-order valence-electron chi connectivity index (χ2n) is 5.43. The molecule has 0 saturated heterocycles. The first-order valence-corrected chi connectivity index (χ1v) is 6.76. The molecule has 1 saturated carbocycles. The molecule has 0 unspecified atom stereocenters. The van der Waals surface area contributed by atoms with E-state index in [-0.39, 0.29) is 0 Å². The largest absolute Gasteiger partial charge is 0.497 e. The first-order valence-electron chi connectivity index (χ1n) is 6.76. The van der Waals surface area contributed by atoms with Crippen molar-refractivity contribution in [3.05, 3.63) is 23.8 Å². The van der Waals surface area contributed by atoms with Crippen LogP contribution in [0.5, 0.6) is 5.75 Å². The molecule has 1 aromatic carbocycles. The second-order valence-corrected chi connectivity index (χ2v) is 5.43. The van der Waals surface area contributed by atoms with Crippen molar-refractivity contribution in [2.24, 2.45) is 0 Å². The molecule has 2 aliphatic rings. The van der Waals surface area contributed by atoms with Crippen LogP contribution in [0, 0.1) is 0 Å². The van der Waals surface area contributed by atoms with Gasteiger partial charge >= 0.3 is 0 Å². The van der Waals surface area contributed by atoms with Crippen molar-refractivity contribution in [3.63, 3.8) is 0 Å². The summed E-state index contributed by atoms with van der Waals surface area (Å²) in [6.45, 7) is 1.12. The summed E-state index contributed by atoms with van der Waals surface area (Å²) in [5.41, 5.74) is 3.27. The highest BCUT2D eigenvalue weighted by Crippen LogP contribution is 2.47. The molecular weight excluding hydrogens is 210 g/mol. The van der Waals surface area contributed by atoms with Gasteiger partial charge in [0.05, 0.1) is 7.11 Å². The number of fused-ring (bicyclic) bond motifs is 2. The number of hydrogen-bond acceptors (Lipinski definition) is 2. The van der Waals surface area contributed by atoms with Crippen LogP contribution in [0.25, 0.3) is 0 Å². The zero-order valence-electron chi connectivity index (χ0n) is 10.6. The van der Waals surface area contributed by atoms with Crippen molar-refractivity contribution in [2.45, 2.75) is 43.9 Å². The monoisotopic (exact) mass is 231 g/mol. The third-order valence-electron chi connectivity index (χ3n) is 4.53. The van der Waals surface area contributed by atoms with Gasteiger partial charge in [-0.1, -0.05) is 19.3 Å². The molecule has 1 spiro atoms. The Bertz CT molecular complexity index is 407. The maximum Gasteiger partial charge on any atom is 0.119 e. The van der Waals surface area contributed by atoms with Crippen LogP contribution in [-0.2, 0) is 5.41 Å². The molecule has 0 bridgehead atoms. The van der Waals surface area contributed by atoms with Crippen LogP contribution < -0.4 is 10.1 Å². The predicted molar refractivity (Wildman–Crippen MR) is 70.9 cm³/mol. The van der Waals surface area contributed by atoms with Crippen LogP contribution in [-0.4, -0.2) is 13.7 Å². The van der Waals surface area contributed by atoms with Gasteiger partial charge < -0.3 is 10.1 Å². The number of hydrogen-bond donors (Lipinski definition) is 1. The van der Waals surface area contributed by atoms with Crippen molar-refractivity contribution in [1.29, 1.82) is 0 Å². The first-order chi connectivity index (χ1) is 8.34. The summed E-state index contributed by atoms with van der Waals surface area (Å²) >= 11 is 0. The lowest BCUT2D eigenvalue weighted by Gasteiger charge is -2.42. The topological polar surface area (TPSA) is 21.3 Å². The fourth-order valence-electron chi connectivity index (χ4n) is 3.56. The van der Waals surface area contributed by atoms with E-state index in [4.69, 9.17) is 4.74 Å². The number of rotatable bonds is 1. The molecule has 1 aliphatic heterocycles. The fraction of sp³-hybridized carbons (Fsp3) is 0.600. The molecule has 3 rings (SSSR count). The van der Waals surface area contributed by atoms with Crippen molar-refractivity contribution in [2.75, 3.05) is 19.0 Å². The highest BCUT2D eigenvalue weighted by Gasteiger charge is 2.37. The molecular formula is C15H21NO. The van der Waals surface area contributed by atoms with Gasteiger partial charge in [0.25, 0.3) is 0 Å². The van der Waals surface area contributed by atoms with Gasteiger partial charge in [-0.3, -0.25) is 0 Å². The van der Waals surface area contributed by atoms with Crippen molar-refractivity contribution in [3.8, 4) is 5.75 Å². The fourth-order valence-corrected chi connectivity index (χ4v) is 3.56. The lowest BCUT2D eigenvalue weighted by atomic mass is 9.65. The van der Waals surface area contributed by atoms with Crippen molar-refractivity contribution in [1.82, 2.24) is 0 Å². The van der Waals surface area contributed by atoms with E-state index in [1.54, 1.807) is 7.11 Å². The van der Waals surface area contributed by atoms with Crippen LogP contribution in [0.3, 0.4) is 0 Å². The Morgan fingerprint density at radius 2 is 1.94 bits per heavy atom. The molecule has 0 radical (unpaired) electrons. The number of anilines is 1. The minimum Gasteiger partial charge on any atom is -0.497 e. The molecule has 92 valence electrons. The lowest BCUT2D eigenvalue weighted by Crippen LogP contribution is -2.35. The van der Waals surface area contributed by atoms with E-state index < -0.39 is 0 Å². The first kappa shape index (κ1) is 10.9. The Labute approximate surface area is 103 Å². The number of ether oxygens (including phenoxy) is 1. The van der Waals surface area contributed by atoms with Crippen LogP contribution in [0.2, 0.25) is 0 Å². The third-order valence-corrected chi connectivity index (χ3v) is 4.53. The molecule has 17 heavy (non-hydrogen) atoms. The van der Waals surface area contributed by atoms with Gasteiger partial charge in [-0.05, 0) is 48.4 Å². The summed E-state index contributed by atoms with van der Waals surface area (Å²) < 4.78 is 5.39. The molecule has 1 fully saturated rings. The summed E-state index contributed by atoms with van der Waals surface area (Å²) in [6, 6.07) is 6.50. The molecule has 1 aromatic rings. The standard InChI is InChI=1S/C15H21NO/c1-17-12-5-6-14-13(11-12)15(9-10-16-14)7-3-2-4-8-15/h5-6,11,16H,2-4,7-10H2,1H3. The zero-order valence-corrected chi connectivity index (χ0v) is 10.6. The molecule has 1 heterocycles.